The number of aromatic nitrogens is 4. The summed E-state index contributed by atoms with van der Waals surface area (Å²) in [5.41, 5.74) is 1.84. The van der Waals surface area contributed by atoms with Crippen LogP contribution in [0, 0.1) is 19.3 Å². The molecule has 2 aromatic heterocycles. The van der Waals surface area contributed by atoms with Crippen LogP contribution in [-0.2, 0) is 0 Å². The zero-order chi connectivity index (χ0) is 18.1. The average Bonchev–Trinajstić information content (AvgIpc) is 3.09. The van der Waals surface area contributed by atoms with E-state index in [2.05, 4.69) is 30.8 Å². The highest BCUT2D eigenvalue weighted by molar-refractivity contribution is 7.05. The lowest BCUT2D eigenvalue weighted by molar-refractivity contribution is 0.0509. The molecule has 2 aliphatic rings. The van der Waals surface area contributed by atoms with Crippen molar-refractivity contribution in [3.05, 3.63) is 28.4 Å². The Labute approximate surface area is 157 Å². The first-order valence-electron chi connectivity index (χ1n) is 9.20. The van der Waals surface area contributed by atoms with Gasteiger partial charge in [0.15, 0.2) is 11.5 Å². The summed E-state index contributed by atoms with van der Waals surface area (Å²) < 4.78 is 3.89. The van der Waals surface area contributed by atoms with Gasteiger partial charge in [0, 0.05) is 26.2 Å². The Morgan fingerprint density at radius 1 is 1.00 bits per heavy atom. The minimum atomic E-state index is 0.0402. The Morgan fingerprint density at radius 3 is 2.27 bits per heavy atom. The third-order valence-electron chi connectivity index (χ3n) is 5.90. The van der Waals surface area contributed by atoms with Gasteiger partial charge in [-0.05, 0) is 68.6 Å². The number of amides is 1. The highest BCUT2D eigenvalue weighted by atomic mass is 32.1. The fourth-order valence-electron chi connectivity index (χ4n) is 4.03. The minimum Gasteiger partial charge on any atom is -0.355 e. The van der Waals surface area contributed by atoms with E-state index < -0.39 is 0 Å². The monoisotopic (exact) mass is 372 g/mol. The van der Waals surface area contributed by atoms with Gasteiger partial charge < -0.3 is 9.80 Å². The molecule has 138 valence electrons. The van der Waals surface area contributed by atoms with E-state index in [4.69, 9.17) is 0 Å². The molecule has 0 saturated carbocycles. The molecule has 4 heterocycles. The van der Waals surface area contributed by atoms with Crippen molar-refractivity contribution < 1.29 is 4.79 Å². The molecule has 0 atom stereocenters. The summed E-state index contributed by atoms with van der Waals surface area (Å²) in [7, 11) is 0. The summed E-state index contributed by atoms with van der Waals surface area (Å²) in [6, 6.07) is 4.08. The topological polar surface area (TPSA) is 75.1 Å². The molecule has 26 heavy (non-hydrogen) atoms. The number of rotatable bonds is 2. The molecule has 0 aliphatic carbocycles. The van der Waals surface area contributed by atoms with Crippen LogP contribution in [0.3, 0.4) is 0 Å². The summed E-state index contributed by atoms with van der Waals surface area (Å²) in [6.07, 6.45) is 4.45. The van der Waals surface area contributed by atoms with Gasteiger partial charge in [0.2, 0.25) is 0 Å². The van der Waals surface area contributed by atoms with Crippen molar-refractivity contribution in [3.8, 4) is 0 Å². The van der Waals surface area contributed by atoms with E-state index in [0.717, 1.165) is 68.3 Å². The highest BCUT2D eigenvalue weighted by Crippen LogP contribution is 2.42. The van der Waals surface area contributed by atoms with Crippen molar-refractivity contribution in [3.63, 3.8) is 0 Å². The zero-order valence-electron chi connectivity index (χ0n) is 15.3. The molecule has 0 unspecified atom stereocenters. The van der Waals surface area contributed by atoms with Gasteiger partial charge in [0.1, 0.15) is 0 Å². The van der Waals surface area contributed by atoms with Crippen LogP contribution in [0.1, 0.15) is 46.7 Å². The first kappa shape index (κ1) is 17.3. The number of aryl methyl sites for hydroxylation is 2. The first-order valence-corrected chi connectivity index (χ1v) is 9.97. The molecule has 0 bridgehead atoms. The number of likely N-dealkylation sites (tertiary alicyclic amines) is 1. The normalized spacial score (nSPS) is 19.8. The maximum Gasteiger partial charge on any atom is 0.275 e. The van der Waals surface area contributed by atoms with Crippen molar-refractivity contribution in [2.45, 2.75) is 39.5 Å². The minimum absolute atomic E-state index is 0.0402. The lowest BCUT2D eigenvalue weighted by atomic mass is 9.71. The van der Waals surface area contributed by atoms with Crippen molar-refractivity contribution in [1.29, 1.82) is 0 Å². The molecule has 8 heteroatoms. The van der Waals surface area contributed by atoms with E-state index in [0.29, 0.717) is 11.1 Å². The van der Waals surface area contributed by atoms with Crippen LogP contribution in [0.2, 0.25) is 0 Å². The lowest BCUT2D eigenvalue weighted by Crippen LogP contribution is -2.48. The molecule has 0 aromatic carbocycles. The van der Waals surface area contributed by atoms with Crippen molar-refractivity contribution in [2.24, 2.45) is 5.41 Å². The molecule has 0 N–H and O–H groups in total. The molecular weight excluding hydrogens is 348 g/mol. The molecule has 2 fully saturated rings. The Kier molecular flexibility index (Phi) is 4.60. The van der Waals surface area contributed by atoms with E-state index >= 15 is 0 Å². The summed E-state index contributed by atoms with van der Waals surface area (Å²) in [5.74, 6) is 1.02. The van der Waals surface area contributed by atoms with Gasteiger partial charge in [-0.1, -0.05) is 4.49 Å². The quantitative estimate of drug-likeness (QED) is 0.806. The molecule has 2 saturated heterocycles. The molecule has 7 nitrogen and oxygen atoms in total. The second-order valence-electron chi connectivity index (χ2n) is 7.49. The van der Waals surface area contributed by atoms with Crippen LogP contribution in [-0.4, -0.2) is 56.8 Å². The second kappa shape index (κ2) is 6.90. The third-order valence-corrected chi connectivity index (χ3v) is 6.53. The Balaban J connectivity index is 1.34. The van der Waals surface area contributed by atoms with E-state index in [1.54, 1.807) is 0 Å². The van der Waals surface area contributed by atoms with E-state index in [-0.39, 0.29) is 5.91 Å². The number of carbonyl (C=O) groups excluding carboxylic acids is 1. The number of anilines is 1. The van der Waals surface area contributed by atoms with Crippen LogP contribution < -0.4 is 4.90 Å². The SMILES string of the molecule is Cc1ccc(N2CCC3(CCN(C(=O)c4nnsc4C)CC3)CC2)nn1. The first-order chi connectivity index (χ1) is 12.6. The van der Waals surface area contributed by atoms with Crippen LogP contribution in [0.4, 0.5) is 5.82 Å². The largest absolute Gasteiger partial charge is 0.355 e. The van der Waals surface area contributed by atoms with Gasteiger partial charge in [0.05, 0.1) is 10.6 Å². The Morgan fingerprint density at radius 2 is 1.69 bits per heavy atom. The molecule has 1 spiro atoms. The van der Waals surface area contributed by atoms with E-state index in [1.165, 1.54) is 11.5 Å². The number of hydrogen-bond acceptors (Lipinski definition) is 7. The summed E-state index contributed by atoms with van der Waals surface area (Å²) in [6.45, 7) is 7.54. The molecule has 2 aliphatic heterocycles. The predicted octanol–water partition coefficient (Wildman–Crippen LogP) is 2.47. The van der Waals surface area contributed by atoms with Gasteiger partial charge in [0.25, 0.3) is 5.91 Å². The molecule has 2 aromatic rings. The third kappa shape index (κ3) is 3.30. The molecular formula is C18H24N6OS. The van der Waals surface area contributed by atoms with Crippen LogP contribution in [0.5, 0.6) is 0 Å². The summed E-state index contributed by atoms with van der Waals surface area (Å²) in [5, 5.41) is 12.5. The van der Waals surface area contributed by atoms with E-state index in [1.807, 2.05) is 24.8 Å². The Hall–Kier alpha value is -2.09. The van der Waals surface area contributed by atoms with Crippen molar-refractivity contribution >= 4 is 23.3 Å². The second-order valence-corrected chi connectivity index (χ2v) is 8.45. The standard InChI is InChI=1S/C18H24N6OS/c1-13-3-4-15(20-19-13)23-9-5-18(6-10-23)7-11-24(12-8-18)17(25)16-14(2)26-22-21-16/h3-4H,5-12H2,1-2H3. The smallest absolute Gasteiger partial charge is 0.275 e. The number of nitrogens with zero attached hydrogens (tertiary/aromatic N) is 6. The van der Waals surface area contributed by atoms with Crippen LogP contribution >= 0.6 is 11.5 Å². The molecule has 0 radical (unpaired) electrons. The lowest BCUT2D eigenvalue weighted by Gasteiger charge is -2.47. The maximum absolute atomic E-state index is 12.6. The van der Waals surface area contributed by atoms with Gasteiger partial charge in [-0.15, -0.1) is 10.2 Å². The fraction of sp³-hybridized carbons (Fsp3) is 0.611. The number of carbonyl (C=O) groups is 1. The predicted molar refractivity (Wildman–Crippen MR) is 100 cm³/mol. The van der Waals surface area contributed by atoms with Gasteiger partial charge in [-0.25, -0.2) is 0 Å². The summed E-state index contributed by atoms with van der Waals surface area (Å²) in [4.78, 5) is 17.8. The van der Waals surface area contributed by atoms with E-state index in [9.17, 15) is 4.79 Å². The average molecular weight is 372 g/mol. The molecule has 1 amide bonds. The van der Waals surface area contributed by atoms with Crippen molar-refractivity contribution in [2.75, 3.05) is 31.1 Å². The number of hydrogen-bond donors (Lipinski definition) is 0. The highest BCUT2D eigenvalue weighted by Gasteiger charge is 2.39. The fourth-order valence-corrected chi connectivity index (χ4v) is 4.49. The van der Waals surface area contributed by atoms with Gasteiger partial charge >= 0.3 is 0 Å². The summed E-state index contributed by atoms with van der Waals surface area (Å²) >= 11 is 1.29. The Bertz CT molecular complexity index is 771. The van der Waals surface area contributed by atoms with Crippen LogP contribution in [0.25, 0.3) is 0 Å². The maximum atomic E-state index is 12.6. The molecule has 4 rings (SSSR count). The van der Waals surface area contributed by atoms with Gasteiger partial charge in [-0.3, -0.25) is 4.79 Å². The van der Waals surface area contributed by atoms with Gasteiger partial charge in [-0.2, -0.15) is 5.10 Å². The van der Waals surface area contributed by atoms with Crippen LogP contribution in [0.15, 0.2) is 12.1 Å². The van der Waals surface area contributed by atoms with Crippen molar-refractivity contribution in [1.82, 2.24) is 24.7 Å². The number of piperidine rings is 2. The zero-order valence-corrected chi connectivity index (χ0v) is 16.1.